The maximum atomic E-state index is 3.80. The quantitative estimate of drug-likeness (QED) is 0.244. The predicted octanol–water partition coefficient (Wildman–Crippen LogP) is 10.2. The van der Waals surface area contributed by atoms with Crippen LogP contribution in [0.15, 0.2) is 109 Å². The van der Waals surface area contributed by atoms with Gasteiger partial charge in [-0.2, -0.15) is 0 Å². The van der Waals surface area contributed by atoms with Gasteiger partial charge in [-0.3, -0.25) is 0 Å². The molecule has 9 rings (SSSR count). The monoisotopic (exact) mass is 473 g/mol. The molecule has 0 radical (unpaired) electrons. The molecule has 1 nitrogen and oxygen atoms in total. The molecule has 166 valence electrons. The lowest BCUT2D eigenvalue weighted by molar-refractivity contribution is 1.57. The Morgan fingerprint density at radius 3 is 2.08 bits per heavy atom. The second kappa shape index (κ2) is 6.63. The normalized spacial score (nSPS) is 12.4. The van der Waals surface area contributed by atoms with Crippen molar-refractivity contribution in [2.24, 2.45) is 0 Å². The standard InChI is InChI=1S/C34H19NS/c1-2-7-22-21(6-1)26-10-5-9-25-20(14-15-27(22)32(25)26)19-12-13-23-28-16-17-29-24-8-3-4-11-31(24)36-34(29)33(28)35-30(23)18-19/h1-18,35H. The molecule has 1 aliphatic carbocycles. The highest BCUT2D eigenvalue weighted by Gasteiger charge is 2.22. The van der Waals surface area contributed by atoms with Crippen molar-refractivity contribution in [3.8, 4) is 33.4 Å². The highest BCUT2D eigenvalue weighted by molar-refractivity contribution is 7.26. The maximum Gasteiger partial charge on any atom is 0.0646 e. The smallest absolute Gasteiger partial charge is 0.0646 e. The second-order valence-corrected chi connectivity index (χ2v) is 10.8. The van der Waals surface area contributed by atoms with Crippen LogP contribution in [0, 0.1) is 0 Å². The van der Waals surface area contributed by atoms with Gasteiger partial charge in [0.1, 0.15) is 0 Å². The molecule has 1 aliphatic rings. The summed E-state index contributed by atoms with van der Waals surface area (Å²) in [4.78, 5) is 3.80. The van der Waals surface area contributed by atoms with E-state index in [9.17, 15) is 0 Å². The lowest BCUT2D eigenvalue weighted by Gasteiger charge is -2.10. The summed E-state index contributed by atoms with van der Waals surface area (Å²) in [6.07, 6.45) is 0. The predicted molar refractivity (Wildman–Crippen MR) is 156 cm³/mol. The van der Waals surface area contributed by atoms with E-state index in [0.717, 1.165) is 0 Å². The number of fused-ring (bicyclic) bond motifs is 10. The number of thiophene rings is 1. The Hall–Kier alpha value is -4.40. The summed E-state index contributed by atoms with van der Waals surface area (Å²) in [7, 11) is 0. The Kier molecular flexibility index (Phi) is 3.47. The first-order valence-corrected chi connectivity index (χ1v) is 13.2. The Bertz CT molecular complexity index is 2180. The van der Waals surface area contributed by atoms with Crippen LogP contribution in [0.25, 0.3) is 86.1 Å². The van der Waals surface area contributed by atoms with E-state index in [-0.39, 0.29) is 0 Å². The van der Waals surface area contributed by atoms with Crippen LogP contribution >= 0.6 is 11.3 Å². The fourth-order valence-electron chi connectivity index (χ4n) is 6.38. The molecule has 6 aromatic carbocycles. The van der Waals surface area contributed by atoms with Crippen molar-refractivity contribution in [3.05, 3.63) is 109 Å². The number of rotatable bonds is 1. The first-order valence-electron chi connectivity index (χ1n) is 12.4. The van der Waals surface area contributed by atoms with Gasteiger partial charge in [-0.25, -0.2) is 0 Å². The van der Waals surface area contributed by atoms with Crippen LogP contribution in [0.3, 0.4) is 0 Å². The topological polar surface area (TPSA) is 15.8 Å². The molecule has 2 heterocycles. The van der Waals surface area contributed by atoms with Gasteiger partial charge in [-0.15, -0.1) is 11.3 Å². The van der Waals surface area contributed by atoms with Crippen molar-refractivity contribution < 1.29 is 0 Å². The third-order valence-electron chi connectivity index (χ3n) is 7.98. The zero-order chi connectivity index (χ0) is 23.4. The van der Waals surface area contributed by atoms with Crippen LogP contribution in [0.4, 0.5) is 0 Å². The zero-order valence-corrected chi connectivity index (χ0v) is 20.1. The van der Waals surface area contributed by atoms with E-state index in [0.29, 0.717) is 0 Å². The lowest BCUT2D eigenvalue weighted by Crippen LogP contribution is -1.83. The largest absolute Gasteiger partial charge is 0.353 e. The van der Waals surface area contributed by atoms with Gasteiger partial charge in [-0.1, -0.05) is 97.1 Å². The minimum atomic E-state index is 1.19. The first-order chi connectivity index (χ1) is 17.8. The number of benzene rings is 6. The van der Waals surface area contributed by atoms with Gasteiger partial charge >= 0.3 is 0 Å². The van der Waals surface area contributed by atoms with Crippen LogP contribution < -0.4 is 0 Å². The van der Waals surface area contributed by atoms with E-state index in [1.165, 1.54) is 86.1 Å². The molecular formula is C34H19NS. The van der Waals surface area contributed by atoms with Gasteiger partial charge in [0.25, 0.3) is 0 Å². The van der Waals surface area contributed by atoms with Crippen LogP contribution in [0.2, 0.25) is 0 Å². The highest BCUT2D eigenvalue weighted by Crippen LogP contribution is 2.49. The molecule has 36 heavy (non-hydrogen) atoms. The average Bonchev–Trinajstić information content (AvgIpc) is 3.59. The Balaban J connectivity index is 1.30. The van der Waals surface area contributed by atoms with E-state index >= 15 is 0 Å². The molecular weight excluding hydrogens is 454 g/mol. The average molecular weight is 474 g/mol. The Labute approximate surface area is 211 Å². The molecule has 0 spiro atoms. The zero-order valence-electron chi connectivity index (χ0n) is 19.3. The Morgan fingerprint density at radius 1 is 0.472 bits per heavy atom. The molecule has 2 heteroatoms. The van der Waals surface area contributed by atoms with E-state index in [2.05, 4.69) is 114 Å². The molecule has 0 bridgehead atoms. The molecule has 8 aromatic rings. The van der Waals surface area contributed by atoms with Crippen molar-refractivity contribution in [3.63, 3.8) is 0 Å². The first kappa shape index (κ1) is 18.9. The number of hydrogen-bond acceptors (Lipinski definition) is 1. The summed E-state index contributed by atoms with van der Waals surface area (Å²) < 4.78 is 2.68. The van der Waals surface area contributed by atoms with Gasteiger partial charge in [-0.05, 0) is 56.3 Å². The lowest BCUT2D eigenvalue weighted by atomic mass is 9.94. The summed E-state index contributed by atoms with van der Waals surface area (Å²) in [5, 5.41) is 7.95. The molecule has 0 unspecified atom stereocenters. The van der Waals surface area contributed by atoms with Crippen LogP contribution in [-0.4, -0.2) is 4.98 Å². The maximum absolute atomic E-state index is 3.80. The SMILES string of the molecule is c1ccc2c(c1)-c1cccc3c(-c4ccc5c(c4)[nH]c4c5ccc5c6ccccc6sc54)ccc-2c13. The summed E-state index contributed by atoms with van der Waals surface area (Å²) >= 11 is 1.88. The van der Waals surface area contributed by atoms with E-state index in [1.54, 1.807) is 0 Å². The highest BCUT2D eigenvalue weighted by atomic mass is 32.1. The van der Waals surface area contributed by atoms with Gasteiger partial charge < -0.3 is 4.98 Å². The van der Waals surface area contributed by atoms with Gasteiger partial charge in [0.2, 0.25) is 0 Å². The molecule has 1 N–H and O–H groups in total. The second-order valence-electron chi connectivity index (χ2n) is 9.78. The van der Waals surface area contributed by atoms with Crippen LogP contribution in [0.5, 0.6) is 0 Å². The third-order valence-corrected chi connectivity index (χ3v) is 9.18. The molecule has 0 amide bonds. The van der Waals surface area contributed by atoms with Gasteiger partial charge in [0.15, 0.2) is 0 Å². The summed E-state index contributed by atoms with van der Waals surface area (Å²) in [6.45, 7) is 0. The Morgan fingerprint density at radius 2 is 1.17 bits per heavy atom. The van der Waals surface area contributed by atoms with E-state index in [4.69, 9.17) is 0 Å². The molecule has 0 saturated heterocycles. The number of aromatic nitrogens is 1. The van der Waals surface area contributed by atoms with Crippen molar-refractivity contribution in [1.82, 2.24) is 4.98 Å². The number of H-pyrrole nitrogens is 1. The minimum Gasteiger partial charge on any atom is -0.353 e. The number of aromatic amines is 1. The number of nitrogens with one attached hydrogen (secondary N) is 1. The molecule has 0 saturated carbocycles. The molecule has 2 aromatic heterocycles. The fourth-order valence-corrected chi connectivity index (χ4v) is 7.59. The number of hydrogen-bond donors (Lipinski definition) is 1. The minimum absolute atomic E-state index is 1.19. The van der Waals surface area contributed by atoms with Crippen molar-refractivity contribution in [2.45, 2.75) is 0 Å². The summed E-state index contributed by atoms with van der Waals surface area (Å²) in [5.74, 6) is 0. The summed E-state index contributed by atoms with van der Waals surface area (Å²) in [6, 6.07) is 40.3. The van der Waals surface area contributed by atoms with E-state index < -0.39 is 0 Å². The van der Waals surface area contributed by atoms with Crippen LogP contribution in [-0.2, 0) is 0 Å². The van der Waals surface area contributed by atoms with Crippen molar-refractivity contribution in [2.75, 3.05) is 0 Å². The van der Waals surface area contributed by atoms with Crippen LogP contribution in [0.1, 0.15) is 0 Å². The third kappa shape index (κ3) is 2.30. The molecule has 0 fully saturated rings. The van der Waals surface area contributed by atoms with Crippen molar-refractivity contribution in [1.29, 1.82) is 0 Å². The fraction of sp³-hybridized carbons (Fsp3) is 0. The molecule has 0 aliphatic heterocycles. The summed E-state index contributed by atoms with van der Waals surface area (Å²) in [5.41, 5.74) is 10.4. The molecule has 0 atom stereocenters. The van der Waals surface area contributed by atoms with Gasteiger partial charge in [0, 0.05) is 31.8 Å². The van der Waals surface area contributed by atoms with Gasteiger partial charge in [0.05, 0.1) is 10.2 Å². The van der Waals surface area contributed by atoms with E-state index in [1.807, 2.05) is 11.3 Å². The van der Waals surface area contributed by atoms with Crippen molar-refractivity contribution >= 4 is 64.1 Å².